The van der Waals surface area contributed by atoms with Gasteiger partial charge in [-0.3, -0.25) is 9.48 Å². The molecule has 16 heavy (non-hydrogen) atoms. The van der Waals surface area contributed by atoms with Gasteiger partial charge < -0.3 is 0 Å². The highest BCUT2D eigenvalue weighted by Crippen LogP contribution is 2.22. The molecule has 3 nitrogen and oxygen atoms in total. The van der Waals surface area contributed by atoms with Crippen molar-refractivity contribution in [1.82, 2.24) is 9.78 Å². The lowest BCUT2D eigenvalue weighted by Crippen LogP contribution is -2.00. The quantitative estimate of drug-likeness (QED) is 0.736. The molecule has 0 aliphatic heterocycles. The average Bonchev–Trinajstić information content (AvgIpc) is 2.75. The highest BCUT2D eigenvalue weighted by Gasteiger charge is 2.11. The van der Waals surface area contributed by atoms with Crippen molar-refractivity contribution >= 4 is 5.78 Å². The second kappa shape index (κ2) is 4.31. The number of rotatable bonds is 3. The van der Waals surface area contributed by atoms with Crippen molar-refractivity contribution in [3.05, 3.63) is 42.1 Å². The van der Waals surface area contributed by atoms with Crippen LogP contribution in [0.2, 0.25) is 0 Å². The third-order valence-corrected chi connectivity index (χ3v) is 2.54. The first-order valence-electron chi connectivity index (χ1n) is 5.34. The summed E-state index contributed by atoms with van der Waals surface area (Å²) >= 11 is 0. The summed E-state index contributed by atoms with van der Waals surface area (Å²) < 4.78 is 1.74. The van der Waals surface area contributed by atoms with E-state index < -0.39 is 0 Å². The van der Waals surface area contributed by atoms with E-state index in [0.29, 0.717) is 6.42 Å². The maximum absolute atomic E-state index is 11.8. The highest BCUT2D eigenvalue weighted by molar-refractivity contribution is 6.01. The van der Waals surface area contributed by atoms with Crippen LogP contribution in [0.15, 0.2) is 36.5 Å². The third kappa shape index (κ3) is 1.89. The average molecular weight is 214 g/mol. The van der Waals surface area contributed by atoms with E-state index in [1.807, 2.05) is 50.5 Å². The number of aryl methyl sites for hydroxylation is 1. The Morgan fingerprint density at radius 3 is 2.69 bits per heavy atom. The molecule has 82 valence electrons. The Balaban J connectivity index is 2.52. The van der Waals surface area contributed by atoms with Gasteiger partial charge in [-0.15, -0.1) is 0 Å². The van der Waals surface area contributed by atoms with E-state index in [1.165, 1.54) is 0 Å². The summed E-state index contributed by atoms with van der Waals surface area (Å²) in [5.41, 5.74) is 2.51. The minimum atomic E-state index is 0.154. The van der Waals surface area contributed by atoms with Crippen molar-refractivity contribution in [2.75, 3.05) is 0 Å². The summed E-state index contributed by atoms with van der Waals surface area (Å²) in [6.45, 7) is 1.87. The number of hydrogen-bond donors (Lipinski definition) is 0. The number of nitrogens with zero attached hydrogens (tertiary/aromatic N) is 2. The van der Waals surface area contributed by atoms with E-state index in [-0.39, 0.29) is 5.78 Å². The molecule has 0 amide bonds. The Hall–Kier alpha value is -1.90. The minimum Gasteiger partial charge on any atom is -0.294 e. The van der Waals surface area contributed by atoms with Crippen molar-refractivity contribution < 1.29 is 4.79 Å². The van der Waals surface area contributed by atoms with Crippen LogP contribution in [0.4, 0.5) is 0 Å². The standard InChI is InChI=1S/C13H14N2O/c1-3-13(16)11-7-5-4-6-10(11)12-8-9-15(2)14-12/h4-9H,3H2,1-2H3. The smallest absolute Gasteiger partial charge is 0.163 e. The fourth-order valence-corrected chi connectivity index (χ4v) is 1.70. The van der Waals surface area contributed by atoms with Crippen LogP contribution in [0, 0.1) is 0 Å². The molecule has 1 aromatic heterocycles. The summed E-state index contributed by atoms with van der Waals surface area (Å²) in [5.74, 6) is 0.154. The Morgan fingerprint density at radius 1 is 1.31 bits per heavy atom. The van der Waals surface area contributed by atoms with Crippen LogP contribution in [-0.2, 0) is 7.05 Å². The van der Waals surface area contributed by atoms with Gasteiger partial charge in [0.2, 0.25) is 0 Å². The van der Waals surface area contributed by atoms with E-state index in [2.05, 4.69) is 5.10 Å². The zero-order chi connectivity index (χ0) is 11.5. The Bertz CT molecular complexity index is 514. The zero-order valence-corrected chi connectivity index (χ0v) is 9.47. The third-order valence-electron chi connectivity index (χ3n) is 2.54. The molecular weight excluding hydrogens is 200 g/mol. The van der Waals surface area contributed by atoms with Gasteiger partial charge in [-0.05, 0) is 6.07 Å². The van der Waals surface area contributed by atoms with Gasteiger partial charge in [0.15, 0.2) is 5.78 Å². The molecular formula is C13H14N2O. The number of ketones is 1. The van der Waals surface area contributed by atoms with Crippen LogP contribution < -0.4 is 0 Å². The summed E-state index contributed by atoms with van der Waals surface area (Å²) in [7, 11) is 1.87. The van der Waals surface area contributed by atoms with Crippen LogP contribution in [0.1, 0.15) is 23.7 Å². The van der Waals surface area contributed by atoms with E-state index in [9.17, 15) is 4.79 Å². The Labute approximate surface area is 94.7 Å². The number of carbonyl (C=O) groups is 1. The van der Waals surface area contributed by atoms with Crippen LogP contribution in [0.3, 0.4) is 0 Å². The molecule has 1 heterocycles. The van der Waals surface area contributed by atoms with Crippen LogP contribution in [-0.4, -0.2) is 15.6 Å². The van der Waals surface area contributed by atoms with Gasteiger partial charge >= 0.3 is 0 Å². The van der Waals surface area contributed by atoms with Gasteiger partial charge in [0.25, 0.3) is 0 Å². The van der Waals surface area contributed by atoms with Crippen LogP contribution >= 0.6 is 0 Å². The SMILES string of the molecule is CCC(=O)c1ccccc1-c1ccn(C)n1. The molecule has 0 fully saturated rings. The molecule has 2 rings (SSSR count). The topological polar surface area (TPSA) is 34.9 Å². The maximum atomic E-state index is 11.8. The molecule has 0 aliphatic rings. The summed E-state index contributed by atoms with van der Waals surface area (Å²) in [6, 6.07) is 9.52. The molecule has 0 unspecified atom stereocenters. The van der Waals surface area contributed by atoms with Gasteiger partial charge in [-0.1, -0.05) is 31.2 Å². The lowest BCUT2D eigenvalue weighted by atomic mass is 10.00. The van der Waals surface area contributed by atoms with E-state index >= 15 is 0 Å². The Morgan fingerprint density at radius 2 is 2.06 bits per heavy atom. The van der Waals surface area contributed by atoms with Crippen molar-refractivity contribution in [3.63, 3.8) is 0 Å². The van der Waals surface area contributed by atoms with Gasteiger partial charge in [0.05, 0.1) is 5.69 Å². The molecule has 0 radical (unpaired) electrons. The summed E-state index contributed by atoms with van der Waals surface area (Å²) in [4.78, 5) is 11.8. The van der Waals surface area contributed by atoms with Gasteiger partial charge in [0, 0.05) is 30.8 Å². The van der Waals surface area contributed by atoms with Crippen LogP contribution in [0.5, 0.6) is 0 Å². The first kappa shape index (κ1) is 10.6. The van der Waals surface area contributed by atoms with Crippen molar-refractivity contribution in [1.29, 1.82) is 0 Å². The van der Waals surface area contributed by atoms with E-state index in [4.69, 9.17) is 0 Å². The van der Waals surface area contributed by atoms with E-state index in [0.717, 1.165) is 16.8 Å². The van der Waals surface area contributed by atoms with Gasteiger partial charge in [-0.25, -0.2) is 0 Å². The normalized spacial score (nSPS) is 10.4. The van der Waals surface area contributed by atoms with Gasteiger partial charge in [-0.2, -0.15) is 5.10 Å². The van der Waals surface area contributed by atoms with Crippen LogP contribution in [0.25, 0.3) is 11.3 Å². The fraction of sp³-hybridized carbons (Fsp3) is 0.231. The molecule has 0 aliphatic carbocycles. The minimum absolute atomic E-state index is 0.154. The highest BCUT2D eigenvalue weighted by atomic mass is 16.1. The predicted molar refractivity (Wildman–Crippen MR) is 63.3 cm³/mol. The zero-order valence-electron chi connectivity index (χ0n) is 9.47. The molecule has 1 aromatic carbocycles. The second-order valence-corrected chi connectivity index (χ2v) is 3.70. The number of Topliss-reactive ketones (excluding diaryl/α,β-unsaturated/α-hetero) is 1. The predicted octanol–water partition coefficient (Wildman–Crippen LogP) is 2.68. The van der Waals surface area contributed by atoms with E-state index in [1.54, 1.807) is 4.68 Å². The largest absolute Gasteiger partial charge is 0.294 e. The summed E-state index contributed by atoms with van der Waals surface area (Å²) in [5, 5.41) is 4.32. The summed E-state index contributed by atoms with van der Waals surface area (Å²) in [6.07, 6.45) is 2.40. The monoisotopic (exact) mass is 214 g/mol. The molecule has 0 atom stereocenters. The van der Waals surface area contributed by atoms with Crippen molar-refractivity contribution in [2.24, 2.45) is 7.05 Å². The molecule has 0 saturated heterocycles. The molecule has 0 spiro atoms. The first-order valence-corrected chi connectivity index (χ1v) is 5.34. The van der Waals surface area contributed by atoms with Crippen molar-refractivity contribution in [2.45, 2.75) is 13.3 Å². The molecule has 0 N–H and O–H groups in total. The van der Waals surface area contributed by atoms with Gasteiger partial charge in [0.1, 0.15) is 0 Å². The Kier molecular flexibility index (Phi) is 2.86. The van der Waals surface area contributed by atoms with Crippen molar-refractivity contribution in [3.8, 4) is 11.3 Å². The molecule has 0 bridgehead atoms. The number of hydrogen-bond acceptors (Lipinski definition) is 2. The lowest BCUT2D eigenvalue weighted by Gasteiger charge is -2.04. The first-order chi connectivity index (χ1) is 7.72. The molecule has 3 heteroatoms. The fourth-order valence-electron chi connectivity index (χ4n) is 1.70. The lowest BCUT2D eigenvalue weighted by molar-refractivity contribution is 0.0989. The molecule has 0 saturated carbocycles. The number of benzene rings is 1. The number of aromatic nitrogens is 2. The maximum Gasteiger partial charge on any atom is 0.163 e. The second-order valence-electron chi connectivity index (χ2n) is 3.70. The molecule has 2 aromatic rings. The number of carbonyl (C=O) groups excluding carboxylic acids is 1.